The van der Waals surface area contributed by atoms with Crippen LogP contribution in [0.15, 0.2) is 24.3 Å². The maximum absolute atomic E-state index is 11.1. The third kappa shape index (κ3) is 5.94. The van der Waals surface area contributed by atoms with Crippen molar-refractivity contribution in [2.45, 2.75) is 32.4 Å². The highest BCUT2D eigenvalue weighted by Crippen LogP contribution is 2.18. The highest BCUT2D eigenvalue weighted by atomic mass is 32.2. The van der Waals surface area contributed by atoms with Gasteiger partial charge in [0.2, 0.25) is 5.91 Å². The first-order valence-electron chi connectivity index (χ1n) is 6.66. The Morgan fingerprint density at radius 1 is 1.50 bits per heavy atom. The Bertz CT molecular complexity index is 449. The molecule has 0 fully saturated rings. The number of aliphatic hydroxyl groups is 1. The number of thioether (sulfide) groups is 1. The summed E-state index contributed by atoms with van der Waals surface area (Å²) in [7, 11) is 0. The zero-order valence-corrected chi connectivity index (χ0v) is 13.4. The Kier molecular flexibility index (Phi) is 6.52. The van der Waals surface area contributed by atoms with E-state index in [9.17, 15) is 9.90 Å². The van der Waals surface area contributed by atoms with Crippen molar-refractivity contribution in [2.24, 2.45) is 0 Å². The van der Waals surface area contributed by atoms with Crippen LogP contribution in [0.25, 0.3) is 0 Å². The minimum absolute atomic E-state index is 0.0781. The summed E-state index contributed by atoms with van der Waals surface area (Å²) in [6.07, 6.45) is 1.98. The molecule has 112 valence electrons. The van der Waals surface area contributed by atoms with Gasteiger partial charge in [-0.25, -0.2) is 0 Å². The van der Waals surface area contributed by atoms with Gasteiger partial charge in [-0.2, -0.15) is 11.8 Å². The van der Waals surface area contributed by atoms with E-state index < -0.39 is 5.60 Å². The molecule has 0 saturated heterocycles. The van der Waals surface area contributed by atoms with Gasteiger partial charge in [-0.1, -0.05) is 12.1 Å². The Morgan fingerprint density at radius 3 is 2.80 bits per heavy atom. The van der Waals surface area contributed by atoms with Crippen molar-refractivity contribution in [2.75, 3.05) is 23.9 Å². The monoisotopic (exact) mass is 296 g/mol. The lowest BCUT2D eigenvalue weighted by molar-refractivity contribution is -0.114. The normalized spacial score (nSPS) is 15.4. The highest BCUT2D eigenvalue weighted by Gasteiger charge is 2.20. The molecule has 1 aromatic carbocycles. The van der Waals surface area contributed by atoms with E-state index in [4.69, 9.17) is 0 Å². The van der Waals surface area contributed by atoms with Crippen LogP contribution in [-0.2, 0) is 4.79 Å². The van der Waals surface area contributed by atoms with E-state index in [1.807, 2.05) is 44.4 Å². The maximum Gasteiger partial charge on any atom is 0.221 e. The Labute approximate surface area is 125 Å². The summed E-state index contributed by atoms with van der Waals surface area (Å²) in [5.74, 6) is 0.615. The van der Waals surface area contributed by atoms with Crippen LogP contribution in [0.4, 0.5) is 5.69 Å². The van der Waals surface area contributed by atoms with Gasteiger partial charge in [-0.15, -0.1) is 0 Å². The van der Waals surface area contributed by atoms with Crippen LogP contribution in [-0.4, -0.2) is 35.2 Å². The lowest BCUT2D eigenvalue weighted by atomic mass is 10.1. The molecule has 1 amide bonds. The summed E-state index contributed by atoms with van der Waals surface area (Å²) in [4.78, 5) is 11.1. The molecular formula is C15H24N2O2S. The molecule has 0 radical (unpaired) electrons. The van der Waals surface area contributed by atoms with Crippen molar-refractivity contribution in [3.05, 3.63) is 29.8 Å². The molecule has 0 aromatic heterocycles. The third-order valence-electron chi connectivity index (χ3n) is 2.95. The van der Waals surface area contributed by atoms with E-state index in [0.29, 0.717) is 12.3 Å². The fourth-order valence-corrected chi connectivity index (χ4v) is 2.67. The van der Waals surface area contributed by atoms with Gasteiger partial charge in [-0.3, -0.25) is 4.79 Å². The van der Waals surface area contributed by atoms with Crippen LogP contribution in [0.3, 0.4) is 0 Å². The standard InChI is InChI=1S/C15H24N2O2S/c1-11(16-9-15(3,19)10-20-4)13-6-5-7-14(8-13)17-12(2)18/h5-8,11,16,19H,9-10H2,1-4H3,(H,17,18). The van der Waals surface area contributed by atoms with E-state index in [1.54, 1.807) is 11.8 Å². The Balaban J connectivity index is 2.63. The molecule has 0 heterocycles. The van der Waals surface area contributed by atoms with Crippen LogP contribution in [0.1, 0.15) is 32.4 Å². The molecule has 0 aliphatic rings. The quantitative estimate of drug-likeness (QED) is 0.723. The number of hydrogen-bond donors (Lipinski definition) is 3. The SMILES string of the molecule is CSCC(C)(O)CNC(C)c1cccc(NC(C)=O)c1. The minimum Gasteiger partial charge on any atom is -0.388 e. The molecule has 1 rings (SSSR count). The van der Waals surface area contributed by atoms with E-state index in [0.717, 1.165) is 11.3 Å². The first-order chi connectivity index (χ1) is 9.34. The highest BCUT2D eigenvalue weighted by molar-refractivity contribution is 7.98. The number of anilines is 1. The van der Waals surface area contributed by atoms with Crippen LogP contribution in [0.2, 0.25) is 0 Å². The first-order valence-corrected chi connectivity index (χ1v) is 8.06. The number of benzene rings is 1. The van der Waals surface area contributed by atoms with Crippen LogP contribution in [0.5, 0.6) is 0 Å². The van der Waals surface area contributed by atoms with Gasteiger partial charge in [0, 0.05) is 31.0 Å². The molecule has 0 aliphatic carbocycles. The molecule has 0 bridgehead atoms. The van der Waals surface area contributed by atoms with Gasteiger partial charge in [0.1, 0.15) is 0 Å². The fraction of sp³-hybridized carbons (Fsp3) is 0.533. The molecule has 1 aromatic rings. The van der Waals surface area contributed by atoms with E-state index in [2.05, 4.69) is 10.6 Å². The van der Waals surface area contributed by atoms with Crippen LogP contribution >= 0.6 is 11.8 Å². The minimum atomic E-state index is -0.719. The molecular weight excluding hydrogens is 272 g/mol. The molecule has 3 N–H and O–H groups in total. The molecule has 2 unspecified atom stereocenters. The predicted molar refractivity (Wildman–Crippen MR) is 86.2 cm³/mol. The van der Waals surface area contributed by atoms with Gasteiger partial charge in [-0.05, 0) is 37.8 Å². The van der Waals surface area contributed by atoms with Crippen LogP contribution in [0, 0.1) is 0 Å². The topological polar surface area (TPSA) is 61.4 Å². The van der Waals surface area contributed by atoms with Crippen molar-refractivity contribution < 1.29 is 9.90 Å². The second-order valence-electron chi connectivity index (χ2n) is 5.34. The van der Waals surface area contributed by atoms with Gasteiger partial charge in [0.05, 0.1) is 5.60 Å². The maximum atomic E-state index is 11.1. The number of hydrogen-bond acceptors (Lipinski definition) is 4. The smallest absolute Gasteiger partial charge is 0.221 e. The molecule has 5 heteroatoms. The summed E-state index contributed by atoms with van der Waals surface area (Å²) < 4.78 is 0. The number of rotatable bonds is 7. The first kappa shape index (κ1) is 17.0. The lowest BCUT2D eigenvalue weighted by Crippen LogP contribution is -2.40. The molecule has 0 spiro atoms. The molecule has 0 saturated carbocycles. The molecule has 20 heavy (non-hydrogen) atoms. The van der Waals surface area contributed by atoms with Gasteiger partial charge in [0.15, 0.2) is 0 Å². The van der Waals surface area contributed by atoms with Crippen LogP contribution < -0.4 is 10.6 Å². The predicted octanol–water partition coefficient (Wildman–Crippen LogP) is 2.41. The number of carbonyl (C=O) groups excluding carboxylic acids is 1. The lowest BCUT2D eigenvalue weighted by Gasteiger charge is -2.25. The van der Waals surface area contributed by atoms with E-state index in [1.165, 1.54) is 6.92 Å². The summed E-state index contributed by atoms with van der Waals surface area (Å²) in [5, 5.41) is 16.2. The average Bonchev–Trinajstić information content (AvgIpc) is 2.35. The second-order valence-corrected chi connectivity index (χ2v) is 6.21. The summed E-state index contributed by atoms with van der Waals surface area (Å²) >= 11 is 1.63. The van der Waals surface area contributed by atoms with Crippen molar-refractivity contribution in [1.82, 2.24) is 5.32 Å². The number of amides is 1. The van der Waals surface area contributed by atoms with Gasteiger partial charge in [0.25, 0.3) is 0 Å². The third-order valence-corrected chi connectivity index (χ3v) is 3.86. The average molecular weight is 296 g/mol. The second kappa shape index (κ2) is 7.67. The van der Waals surface area contributed by atoms with Gasteiger partial charge >= 0.3 is 0 Å². The van der Waals surface area contributed by atoms with Gasteiger partial charge < -0.3 is 15.7 Å². The van der Waals surface area contributed by atoms with Crippen molar-refractivity contribution in [3.8, 4) is 0 Å². The van der Waals surface area contributed by atoms with Crippen molar-refractivity contribution in [1.29, 1.82) is 0 Å². The van der Waals surface area contributed by atoms with E-state index >= 15 is 0 Å². The largest absolute Gasteiger partial charge is 0.388 e. The summed E-state index contributed by atoms with van der Waals surface area (Å²) in [6, 6.07) is 7.84. The zero-order chi connectivity index (χ0) is 15.2. The van der Waals surface area contributed by atoms with Crippen molar-refractivity contribution >= 4 is 23.4 Å². The van der Waals surface area contributed by atoms with Crippen molar-refractivity contribution in [3.63, 3.8) is 0 Å². The molecule has 2 atom stereocenters. The molecule has 4 nitrogen and oxygen atoms in total. The van der Waals surface area contributed by atoms with E-state index in [-0.39, 0.29) is 11.9 Å². The Hall–Kier alpha value is -1.04. The number of carbonyl (C=O) groups is 1. The fourth-order valence-electron chi connectivity index (χ4n) is 1.94. The zero-order valence-electron chi connectivity index (χ0n) is 12.6. The Morgan fingerprint density at radius 2 is 2.20 bits per heavy atom. The summed E-state index contributed by atoms with van der Waals surface area (Å²) in [6.45, 7) is 5.90. The number of nitrogens with one attached hydrogen (secondary N) is 2. The summed E-state index contributed by atoms with van der Waals surface area (Å²) in [5.41, 5.74) is 1.15. The molecule has 0 aliphatic heterocycles.